The molecule has 0 fully saturated rings. The van der Waals surface area contributed by atoms with Gasteiger partial charge >= 0.3 is 6.09 Å². The molecule has 0 aromatic rings. The summed E-state index contributed by atoms with van der Waals surface area (Å²) in [6.07, 6.45) is 0.188. The second kappa shape index (κ2) is 6.47. The van der Waals surface area contributed by atoms with Crippen LogP contribution in [0.5, 0.6) is 0 Å². The zero-order chi connectivity index (χ0) is 13.6. The van der Waals surface area contributed by atoms with Gasteiger partial charge in [0, 0.05) is 13.1 Å². The Bertz CT molecular complexity index is 271. The van der Waals surface area contributed by atoms with E-state index >= 15 is 0 Å². The van der Waals surface area contributed by atoms with Gasteiger partial charge in [-0.2, -0.15) is 0 Å². The molecule has 2 atom stereocenters. The maximum atomic E-state index is 11.6. The van der Waals surface area contributed by atoms with E-state index in [0.717, 1.165) is 0 Å². The summed E-state index contributed by atoms with van der Waals surface area (Å²) in [4.78, 5) is 23.1. The van der Waals surface area contributed by atoms with Crippen molar-refractivity contribution < 1.29 is 14.3 Å². The topological polar surface area (TPSA) is 67.4 Å². The van der Waals surface area contributed by atoms with Crippen LogP contribution in [-0.2, 0) is 9.53 Å². The van der Waals surface area contributed by atoms with Crippen molar-refractivity contribution in [3.63, 3.8) is 0 Å². The van der Waals surface area contributed by atoms with Crippen LogP contribution in [-0.4, -0.2) is 30.7 Å². The molecule has 0 aliphatic rings. The summed E-state index contributed by atoms with van der Waals surface area (Å²) in [5.41, 5.74) is -0.529. The molecule has 17 heavy (non-hydrogen) atoms. The van der Waals surface area contributed by atoms with E-state index < -0.39 is 11.7 Å². The van der Waals surface area contributed by atoms with E-state index in [2.05, 4.69) is 10.6 Å². The molecule has 0 aliphatic carbocycles. The number of ether oxygens (including phenoxy) is 1. The first kappa shape index (κ1) is 15.7. The molecule has 5 nitrogen and oxygen atoms in total. The maximum absolute atomic E-state index is 11.6. The first-order valence-corrected chi connectivity index (χ1v) is 5.92. The highest BCUT2D eigenvalue weighted by molar-refractivity contribution is 5.79. The number of carbonyl (C=O) groups is 2. The van der Waals surface area contributed by atoms with Gasteiger partial charge in [0.15, 0.2) is 0 Å². The summed E-state index contributed by atoms with van der Waals surface area (Å²) >= 11 is 0. The molecule has 0 aliphatic heterocycles. The number of hydrogen-bond acceptors (Lipinski definition) is 3. The molecule has 0 aromatic heterocycles. The van der Waals surface area contributed by atoms with Gasteiger partial charge in [0.2, 0.25) is 5.91 Å². The maximum Gasteiger partial charge on any atom is 0.407 e. The molecule has 2 amide bonds. The second-order valence-electron chi connectivity index (χ2n) is 5.06. The zero-order valence-electron chi connectivity index (χ0n) is 11.6. The summed E-state index contributed by atoms with van der Waals surface area (Å²) in [6, 6.07) is -0.218. The highest BCUT2D eigenvalue weighted by Gasteiger charge is 2.25. The fraction of sp³-hybridized carbons (Fsp3) is 0.833. The minimum atomic E-state index is -0.529. The normalized spacial score (nSPS) is 14.7. The number of amides is 2. The standard InChI is InChI=1S/C12H24N2O3/c1-7-9(8(2)10(15)13-6)14-11(16)17-12(3,4)5/h8-9H,7H2,1-6H3,(H,13,15)(H,14,16)/t8-,9+/m0/s1. The Labute approximate surface area is 103 Å². The van der Waals surface area contributed by atoms with Crippen molar-refractivity contribution in [2.45, 2.75) is 52.7 Å². The molecule has 2 N–H and O–H groups in total. The Hall–Kier alpha value is -1.26. The lowest BCUT2D eigenvalue weighted by atomic mass is 9.99. The van der Waals surface area contributed by atoms with Crippen LogP contribution in [0.2, 0.25) is 0 Å². The average molecular weight is 244 g/mol. The van der Waals surface area contributed by atoms with Crippen LogP contribution in [0, 0.1) is 5.92 Å². The minimum absolute atomic E-state index is 0.0899. The predicted octanol–water partition coefficient (Wildman–Crippen LogP) is 1.67. The molecule has 0 saturated heterocycles. The summed E-state index contributed by atoms with van der Waals surface area (Å²) in [7, 11) is 1.58. The summed E-state index contributed by atoms with van der Waals surface area (Å²) in [6.45, 7) is 9.10. The van der Waals surface area contributed by atoms with Gasteiger partial charge in [-0.25, -0.2) is 4.79 Å². The second-order valence-corrected chi connectivity index (χ2v) is 5.06. The molecular weight excluding hydrogens is 220 g/mol. The Morgan fingerprint density at radius 2 is 1.82 bits per heavy atom. The quantitative estimate of drug-likeness (QED) is 0.790. The SMILES string of the molecule is CC[C@@H](NC(=O)OC(C)(C)C)[C@H](C)C(=O)NC. The van der Waals surface area contributed by atoms with Gasteiger partial charge in [-0.15, -0.1) is 0 Å². The molecular formula is C12H24N2O3. The van der Waals surface area contributed by atoms with Gasteiger partial charge in [-0.1, -0.05) is 13.8 Å². The summed E-state index contributed by atoms with van der Waals surface area (Å²) in [5.74, 6) is -0.370. The van der Waals surface area contributed by atoms with Crippen LogP contribution >= 0.6 is 0 Å². The van der Waals surface area contributed by atoms with Crippen molar-refractivity contribution >= 4 is 12.0 Å². The van der Waals surface area contributed by atoms with E-state index in [1.54, 1.807) is 34.7 Å². The van der Waals surface area contributed by atoms with Gasteiger partial charge < -0.3 is 15.4 Å². The molecule has 0 saturated carbocycles. The third kappa shape index (κ3) is 6.14. The third-order valence-corrected chi connectivity index (χ3v) is 2.41. The Kier molecular flexibility index (Phi) is 5.99. The van der Waals surface area contributed by atoms with Crippen LogP contribution in [0.3, 0.4) is 0 Å². The summed E-state index contributed by atoms with van der Waals surface area (Å²) in [5, 5.41) is 5.29. The van der Waals surface area contributed by atoms with Crippen LogP contribution in [0.1, 0.15) is 41.0 Å². The van der Waals surface area contributed by atoms with Crippen molar-refractivity contribution in [1.29, 1.82) is 0 Å². The Morgan fingerprint density at radius 1 is 1.29 bits per heavy atom. The van der Waals surface area contributed by atoms with Crippen molar-refractivity contribution in [1.82, 2.24) is 10.6 Å². The molecule has 0 spiro atoms. The first-order chi connectivity index (χ1) is 7.71. The molecule has 0 aromatic carbocycles. The lowest BCUT2D eigenvalue weighted by molar-refractivity contribution is -0.124. The molecule has 0 unspecified atom stereocenters. The molecule has 0 radical (unpaired) electrons. The van der Waals surface area contributed by atoms with Crippen LogP contribution in [0.4, 0.5) is 4.79 Å². The fourth-order valence-electron chi connectivity index (χ4n) is 1.45. The molecule has 0 heterocycles. The smallest absolute Gasteiger partial charge is 0.407 e. The number of carbonyl (C=O) groups excluding carboxylic acids is 2. The van der Waals surface area contributed by atoms with Crippen LogP contribution in [0.25, 0.3) is 0 Å². The van der Waals surface area contributed by atoms with E-state index in [-0.39, 0.29) is 17.9 Å². The lowest BCUT2D eigenvalue weighted by Gasteiger charge is -2.25. The van der Waals surface area contributed by atoms with Crippen molar-refractivity contribution in [2.24, 2.45) is 5.92 Å². The molecule has 0 bridgehead atoms. The Balaban J connectivity index is 4.40. The zero-order valence-corrected chi connectivity index (χ0v) is 11.6. The molecule has 100 valence electrons. The third-order valence-electron chi connectivity index (χ3n) is 2.41. The Morgan fingerprint density at radius 3 is 2.18 bits per heavy atom. The molecule has 5 heteroatoms. The van der Waals surface area contributed by atoms with Crippen LogP contribution in [0.15, 0.2) is 0 Å². The monoisotopic (exact) mass is 244 g/mol. The van der Waals surface area contributed by atoms with Gasteiger partial charge in [0.25, 0.3) is 0 Å². The van der Waals surface area contributed by atoms with E-state index in [9.17, 15) is 9.59 Å². The number of alkyl carbamates (subject to hydrolysis) is 1. The number of rotatable bonds is 4. The summed E-state index contributed by atoms with van der Waals surface area (Å²) < 4.78 is 5.15. The minimum Gasteiger partial charge on any atom is -0.444 e. The van der Waals surface area contributed by atoms with E-state index in [0.29, 0.717) is 6.42 Å². The van der Waals surface area contributed by atoms with E-state index in [4.69, 9.17) is 4.74 Å². The average Bonchev–Trinajstić information content (AvgIpc) is 2.21. The van der Waals surface area contributed by atoms with Crippen LogP contribution < -0.4 is 10.6 Å². The van der Waals surface area contributed by atoms with Gasteiger partial charge in [-0.05, 0) is 27.2 Å². The fourth-order valence-corrected chi connectivity index (χ4v) is 1.45. The van der Waals surface area contributed by atoms with Crippen molar-refractivity contribution in [3.8, 4) is 0 Å². The highest BCUT2D eigenvalue weighted by Crippen LogP contribution is 2.10. The lowest BCUT2D eigenvalue weighted by Crippen LogP contribution is -2.46. The van der Waals surface area contributed by atoms with Gasteiger partial charge in [0.05, 0.1) is 5.92 Å². The van der Waals surface area contributed by atoms with Crippen molar-refractivity contribution in [3.05, 3.63) is 0 Å². The van der Waals surface area contributed by atoms with E-state index in [1.807, 2.05) is 6.92 Å². The highest BCUT2D eigenvalue weighted by atomic mass is 16.6. The number of nitrogens with one attached hydrogen (secondary N) is 2. The van der Waals surface area contributed by atoms with E-state index in [1.165, 1.54) is 0 Å². The largest absolute Gasteiger partial charge is 0.444 e. The predicted molar refractivity (Wildman–Crippen MR) is 66.7 cm³/mol. The number of hydrogen-bond donors (Lipinski definition) is 2. The molecule has 0 rings (SSSR count). The first-order valence-electron chi connectivity index (χ1n) is 5.92. The van der Waals surface area contributed by atoms with Gasteiger partial charge in [0.1, 0.15) is 5.60 Å². The van der Waals surface area contributed by atoms with Crippen molar-refractivity contribution in [2.75, 3.05) is 7.05 Å². The van der Waals surface area contributed by atoms with Gasteiger partial charge in [-0.3, -0.25) is 4.79 Å².